The van der Waals surface area contributed by atoms with Crippen molar-refractivity contribution in [1.29, 1.82) is 0 Å². The van der Waals surface area contributed by atoms with Gasteiger partial charge in [-0.25, -0.2) is 4.39 Å². The normalized spacial score (nSPS) is 19.6. The number of nitrogens with one attached hydrogen (secondary N) is 1. The van der Waals surface area contributed by atoms with Crippen molar-refractivity contribution in [2.24, 2.45) is 0 Å². The molecule has 2 rings (SSSR count). The van der Waals surface area contributed by atoms with E-state index in [1.165, 1.54) is 6.07 Å². The lowest BCUT2D eigenvalue weighted by Crippen LogP contribution is -2.36. The molecule has 4 nitrogen and oxygen atoms in total. The molecule has 1 heterocycles. The fourth-order valence-electron chi connectivity index (χ4n) is 2.16. The van der Waals surface area contributed by atoms with E-state index in [1.807, 2.05) is 4.90 Å². The van der Waals surface area contributed by atoms with Gasteiger partial charge < -0.3 is 10.4 Å². The number of benzene rings is 1. The minimum absolute atomic E-state index is 0.102. The van der Waals surface area contributed by atoms with E-state index < -0.39 is 0 Å². The van der Waals surface area contributed by atoms with E-state index in [0.29, 0.717) is 18.7 Å². The highest BCUT2D eigenvalue weighted by Crippen LogP contribution is 2.09. The highest BCUT2D eigenvalue weighted by Gasteiger charge is 2.21. The van der Waals surface area contributed by atoms with Crippen molar-refractivity contribution in [2.75, 3.05) is 19.6 Å². The Bertz CT molecular complexity index is 465. The number of amides is 1. The Kier molecular flexibility index (Phi) is 4.50. The molecule has 1 aliphatic heterocycles. The van der Waals surface area contributed by atoms with Crippen LogP contribution in [0.25, 0.3) is 0 Å². The summed E-state index contributed by atoms with van der Waals surface area (Å²) in [5.41, 5.74) is 1.35. The molecule has 0 aromatic heterocycles. The van der Waals surface area contributed by atoms with Gasteiger partial charge in [-0.1, -0.05) is 12.1 Å². The lowest BCUT2D eigenvalue weighted by molar-refractivity contribution is -0.122. The number of carbonyl (C=O) groups excluding carboxylic acids is 1. The summed E-state index contributed by atoms with van der Waals surface area (Å²) in [6.07, 6.45) is 0.398. The van der Waals surface area contributed by atoms with Crippen LogP contribution < -0.4 is 5.32 Å². The van der Waals surface area contributed by atoms with Crippen LogP contribution in [-0.4, -0.2) is 41.7 Å². The molecule has 1 aromatic carbocycles. The maximum atomic E-state index is 13.3. The van der Waals surface area contributed by atoms with Crippen molar-refractivity contribution in [1.82, 2.24) is 10.2 Å². The Morgan fingerprint density at radius 1 is 1.58 bits per heavy atom. The summed E-state index contributed by atoms with van der Waals surface area (Å²) in [6.45, 7) is 3.61. The molecule has 2 N–H and O–H groups in total. The molecule has 0 radical (unpaired) electrons. The number of hydrogen-bond donors (Lipinski definition) is 2. The van der Waals surface area contributed by atoms with Gasteiger partial charge in [-0.05, 0) is 30.5 Å². The van der Waals surface area contributed by atoms with Gasteiger partial charge >= 0.3 is 0 Å². The van der Waals surface area contributed by atoms with Crippen molar-refractivity contribution in [2.45, 2.75) is 26.0 Å². The monoisotopic (exact) mass is 266 g/mol. The number of rotatable bonds is 4. The number of aliphatic hydroxyl groups is 1. The largest absolute Gasteiger partial charge is 0.392 e. The second-order valence-corrected chi connectivity index (χ2v) is 5.04. The molecule has 1 fully saturated rings. The average Bonchev–Trinajstić information content (AvgIpc) is 2.76. The fraction of sp³-hybridized carbons (Fsp3) is 0.500. The molecule has 1 aliphatic rings. The third-order valence-corrected chi connectivity index (χ3v) is 3.34. The highest BCUT2D eigenvalue weighted by molar-refractivity contribution is 5.78. The number of carbonyl (C=O) groups is 1. The van der Waals surface area contributed by atoms with Gasteiger partial charge in [-0.3, -0.25) is 9.69 Å². The summed E-state index contributed by atoms with van der Waals surface area (Å²) in [7, 11) is 0. The third kappa shape index (κ3) is 4.01. The van der Waals surface area contributed by atoms with Gasteiger partial charge in [0.25, 0.3) is 0 Å². The van der Waals surface area contributed by atoms with Gasteiger partial charge in [0.1, 0.15) is 5.82 Å². The topological polar surface area (TPSA) is 52.6 Å². The van der Waals surface area contributed by atoms with Crippen molar-refractivity contribution < 1.29 is 14.3 Å². The van der Waals surface area contributed by atoms with Crippen molar-refractivity contribution >= 4 is 5.91 Å². The molecule has 1 amide bonds. The van der Waals surface area contributed by atoms with Crippen molar-refractivity contribution in [3.63, 3.8) is 0 Å². The molecule has 19 heavy (non-hydrogen) atoms. The predicted octanol–water partition coefficient (Wildman–Crippen LogP) is 0.817. The van der Waals surface area contributed by atoms with Crippen LogP contribution in [-0.2, 0) is 11.3 Å². The molecule has 0 bridgehead atoms. The maximum absolute atomic E-state index is 13.3. The quantitative estimate of drug-likeness (QED) is 0.848. The lowest BCUT2D eigenvalue weighted by atomic mass is 10.1. The summed E-state index contributed by atoms with van der Waals surface area (Å²) in [5.74, 6) is -0.357. The molecule has 0 aliphatic carbocycles. The van der Waals surface area contributed by atoms with Gasteiger partial charge in [0.2, 0.25) is 5.91 Å². The molecular weight excluding hydrogens is 247 g/mol. The van der Waals surface area contributed by atoms with Gasteiger partial charge in [0.05, 0.1) is 12.6 Å². The highest BCUT2D eigenvalue weighted by atomic mass is 19.1. The SMILES string of the molecule is Cc1ccc(CNC(=O)CN2CC[C@H](O)C2)cc1F. The van der Waals surface area contributed by atoms with E-state index in [0.717, 1.165) is 18.5 Å². The molecule has 1 atom stereocenters. The van der Waals surface area contributed by atoms with Gasteiger partial charge in [-0.15, -0.1) is 0 Å². The molecule has 5 heteroatoms. The van der Waals surface area contributed by atoms with E-state index in [2.05, 4.69) is 5.32 Å². The number of hydrogen-bond acceptors (Lipinski definition) is 3. The number of aliphatic hydroxyl groups excluding tert-OH is 1. The first-order chi connectivity index (χ1) is 9.04. The van der Waals surface area contributed by atoms with Gasteiger partial charge in [-0.2, -0.15) is 0 Å². The summed E-state index contributed by atoms with van der Waals surface area (Å²) in [4.78, 5) is 13.6. The van der Waals surface area contributed by atoms with Gasteiger partial charge in [0.15, 0.2) is 0 Å². The fourth-order valence-corrected chi connectivity index (χ4v) is 2.16. The van der Waals surface area contributed by atoms with Crippen LogP contribution in [0.2, 0.25) is 0 Å². The van der Waals surface area contributed by atoms with E-state index >= 15 is 0 Å². The Morgan fingerprint density at radius 3 is 3.00 bits per heavy atom. The summed E-state index contributed by atoms with van der Waals surface area (Å²) in [6, 6.07) is 4.95. The molecule has 0 spiro atoms. The maximum Gasteiger partial charge on any atom is 0.234 e. The zero-order chi connectivity index (χ0) is 13.8. The Labute approximate surface area is 112 Å². The molecule has 104 valence electrons. The zero-order valence-corrected chi connectivity index (χ0v) is 11.0. The second kappa shape index (κ2) is 6.12. The standard InChI is InChI=1S/C14H19FN2O2/c1-10-2-3-11(6-13(10)15)7-16-14(19)9-17-5-4-12(18)8-17/h2-3,6,12,18H,4-5,7-9H2,1H3,(H,16,19)/t12-/m0/s1. The second-order valence-electron chi connectivity index (χ2n) is 5.04. The summed E-state index contributed by atoms with van der Waals surface area (Å²) < 4.78 is 13.3. The van der Waals surface area contributed by atoms with Crippen LogP contribution in [0.3, 0.4) is 0 Å². The van der Waals surface area contributed by atoms with Crippen LogP contribution in [0.1, 0.15) is 17.5 Å². The summed E-state index contributed by atoms with van der Waals surface area (Å²) in [5, 5.41) is 12.1. The third-order valence-electron chi connectivity index (χ3n) is 3.34. The lowest BCUT2D eigenvalue weighted by Gasteiger charge is -2.14. The van der Waals surface area contributed by atoms with Crippen molar-refractivity contribution in [3.8, 4) is 0 Å². The van der Waals surface area contributed by atoms with Crippen LogP contribution in [0.4, 0.5) is 4.39 Å². The molecule has 0 unspecified atom stereocenters. The van der Waals surface area contributed by atoms with Crippen LogP contribution in [0.15, 0.2) is 18.2 Å². The van der Waals surface area contributed by atoms with Crippen molar-refractivity contribution in [3.05, 3.63) is 35.1 Å². The van der Waals surface area contributed by atoms with E-state index in [1.54, 1.807) is 19.1 Å². The van der Waals surface area contributed by atoms with E-state index in [4.69, 9.17) is 0 Å². The van der Waals surface area contributed by atoms with Crippen LogP contribution in [0.5, 0.6) is 0 Å². The first-order valence-corrected chi connectivity index (χ1v) is 6.47. The zero-order valence-electron chi connectivity index (χ0n) is 11.0. The Morgan fingerprint density at radius 2 is 2.37 bits per heavy atom. The molecule has 0 saturated carbocycles. The Hall–Kier alpha value is -1.46. The van der Waals surface area contributed by atoms with Crippen LogP contribution in [0, 0.1) is 12.7 Å². The van der Waals surface area contributed by atoms with E-state index in [-0.39, 0.29) is 24.4 Å². The first kappa shape index (κ1) is 14.0. The molecule has 1 aromatic rings. The Balaban J connectivity index is 1.78. The molecular formula is C14H19FN2O2. The number of halogens is 1. The minimum Gasteiger partial charge on any atom is -0.392 e. The smallest absolute Gasteiger partial charge is 0.234 e. The van der Waals surface area contributed by atoms with Gasteiger partial charge in [0, 0.05) is 19.6 Å². The number of aryl methyl sites for hydroxylation is 1. The number of likely N-dealkylation sites (tertiary alicyclic amines) is 1. The average molecular weight is 266 g/mol. The van der Waals surface area contributed by atoms with Crippen LogP contribution >= 0.6 is 0 Å². The number of β-amino-alcohol motifs (C(OH)–C–C–N with tert-alkyl or cyclic N) is 1. The molecule has 1 saturated heterocycles. The predicted molar refractivity (Wildman–Crippen MR) is 70.0 cm³/mol. The first-order valence-electron chi connectivity index (χ1n) is 6.47. The summed E-state index contributed by atoms with van der Waals surface area (Å²) >= 11 is 0. The minimum atomic E-state index is -0.320. The van der Waals surface area contributed by atoms with E-state index in [9.17, 15) is 14.3 Å². The number of nitrogens with zero attached hydrogens (tertiary/aromatic N) is 1.